The molecule has 2 aromatic heterocycles. The van der Waals surface area contributed by atoms with Crippen molar-refractivity contribution in [1.29, 1.82) is 0 Å². The van der Waals surface area contributed by atoms with E-state index in [0.29, 0.717) is 16.9 Å². The van der Waals surface area contributed by atoms with Gasteiger partial charge < -0.3 is 15.4 Å². The van der Waals surface area contributed by atoms with E-state index in [1.54, 1.807) is 36.5 Å². The monoisotopic (exact) mass is 636 g/mol. The number of carbonyl (C=O) groups is 1. The fourth-order valence-corrected chi connectivity index (χ4v) is 4.19. The molecule has 2 amide bonds. The molecule has 0 spiro atoms. The van der Waals surface area contributed by atoms with E-state index in [9.17, 15) is 22.4 Å². The highest BCUT2D eigenvalue weighted by atomic mass is 127. The number of ether oxygens (including phenoxy) is 1. The van der Waals surface area contributed by atoms with Gasteiger partial charge in [-0.15, -0.1) is 0 Å². The van der Waals surface area contributed by atoms with E-state index in [1.165, 1.54) is 24.5 Å². The van der Waals surface area contributed by atoms with E-state index in [-0.39, 0.29) is 6.42 Å². The molecule has 2 aromatic carbocycles. The van der Waals surface area contributed by atoms with Gasteiger partial charge >= 0.3 is 18.6 Å². The number of halogens is 5. The number of aromatic nitrogens is 2. The van der Waals surface area contributed by atoms with Crippen LogP contribution in [0.5, 0.6) is 5.75 Å². The summed E-state index contributed by atoms with van der Waals surface area (Å²) in [6.07, 6.45) is -3.95. The van der Waals surface area contributed by atoms with Crippen LogP contribution in [-0.2, 0) is 12.0 Å². The lowest BCUT2D eigenvalue weighted by molar-refractivity contribution is -0.253. The van der Waals surface area contributed by atoms with Gasteiger partial charge in [0, 0.05) is 34.3 Å². The Balaban J connectivity index is 1.84. The van der Waals surface area contributed by atoms with Crippen molar-refractivity contribution in [2.45, 2.75) is 24.5 Å². The van der Waals surface area contributed by atoms with Crippen LogP contribution in [-0.4, -0.2) is 28.5 Å². The van der Waals surface area contributed by atoms with Crippen molar-refractivity contribution in [2.24, 2.45) is 0 Å². The number of amides is 2. The second-order valence-electron chi connectivity index (χ2n) is 8.24. The van der Waals surface area contributed by atoms with Crippen molar-refractivity contribution >= 4 is 34.3 Å². The Morgan fingerprint density at radius 1 is 0.974 bits per heavy atom. The quantitative estimate of drug-likeness (QED) is 0.160. The molecular formula is C27H21F4IN4O2. The van der Waals surface area contributed by atoms with Crippen molar-refractivity contribution in [1.82, 2.24) is 15.3 Å². The predicted molar refractivity (Wildman–Crippen MR) is 142 cm³/mol. The number of urea groups is 1. The molecule has 0 aliphatic carbocycles. The zero-order chi connectivity index (χ0) is 27.2. The normalized spacial score (nSPS) is 13.0. The Hall–Kier alpha value is -3.74. The highest BCUT2D eigenvalue weighted by Gasteiger charge is 2.44. The molecule has 4 aromatic rings. The summed E-state index contributed by atoms with van der Waals surface area (Å²) in [5, 5.41) is 5.70. The van der Waals surface area contributed by atoms with E-state index in [2.05, 4.69) is 47.9 Å². The molecule has 38 heavy (non-hydrogen) atoms. The molecule has 0 aliphatic heterocycles. The summed E-state index contributed by atoms with van der Waals surface area (Å²) in [5.41, 5.74) is 0.533. The second kappa shape index (κ2) is 11.8. The van der Waals surface area contributed by atoms with Crippen LogP contribution in [0.1, 0.15) is 16.8 Å². The summed E-state index contributed by atoms with van der Waals surface area (Å²) >= 11 is 2.09. The van der Waals surface area contributed by atoms with Gasteiger partial charge in [-0.05, 0) is 70.1 Å². The number of hydrogen-bond donors (Lipinski definition) is 2. The number of nitrogens with zero attached hydrogens (tertiary/aromatic N) is 2. The molecule has 2 N–H and O–H groups in total. The fraction of sp³-hybridized carbons (Fsp3) is 0.148. The lowest BCUT2D eigenvalue weighted by Gasteiger charge is -2.35. The minimum atomic E-state index is -4.70. The van der Waals surface area contributed by atoms with Gasteiger partial charge in [0.25, 0.3) is 0 Å². The Morgan fingerprint density at radius 2 is 1.71 bits per heavy atom. The molecule has 4 rings (SSSR count). The highest BCUT2D eigenvalue weighted by molar-refractivity contribution is 14.1. The molecule has 0 radical (unpaired) electrons. The van der Waals surface area contributed by atoms with Gasteiger partial charge in [-0.3, -0.25) is 9.97 Å². The van der Waals surface area contributed by atoms with E-state index >= 15 is 0 Å². The van der Waals surface area contributed by atoms with Crippen molar-refractivity contribution in [2.75, 3.05) is 5.32 Å². The maximum atomic E-state index is 13.8. The molecule has 1 atom stereocenters. The van der Waals surface area contributed by atoms with Crippen LogP contribution in [0.4, 0.5) is 28.0 Å². The first kappa shape index (κ1) is 27.3. The minimum absolute atomic E-state index is 0.153. The van der Waals surface area contributed by atoms with Gasteiger partial charge in [-0.1, -0.05) is 42.5 Å². The van der Waals surface area contributed by atoms with E-state index in [0.717, 1.165) is 15.2 Å². The predicted octanol–water partition coefficient (Wildman–Crippen LogP) is 6.63. The van der Waals surface area contributed by atoms with Crippen LogP contribution in [0.3, 0.4) is 0 Å². The summed E-state index contributed by atoms with van der Waals surface area (Å²) in [7, 11) is 0. The summed E-state index contributed by atoms with van der Waals surface area (Å²) in [5.74, 6) is -0.493. The average molecular weight is 636 g/mol. The van der Waals surface area contributed by atoms with Crippen LogP contribution < -0.4 is 15.4 Å². The third-order valence-electron chi connectivity index (χ3n) is 5.58. The van der Waals surface area contributed by atoms with Gasteiger partial charge in [0.05, 0.1) is 5.69 Å². The zero-order valence-electron chi connectivity index (χ0n) is 19.6. The summed E-state index contributed by atoms with van der Waals surface area (Å²) in [4.78, 5) is 21.8. The van der Waals surface area contributed by atoms with Gasteiger partial charge in [-0.25, -0.2) is 4.79 Å². The van der Waals surface area contributed by atoms with Gasteiger partial charge in [-0.2, -0.15) is 17.6 Å². The Morgan fingerprint density at radius 3 is 2.37 bits per heavy atom. The van der Waals surface area contributed by atoms with E-state index in [1.807, 2.05) is 30.3 Å². The van der Waals surface area contributed by atoms with E-state index in [4.69, 9.17) is 0 Å². The Kier molecular flexibility index (Phi) is 8.45. The molecule has 6 nitrogen and oxygen atoms in total. The van der Waals surface area contributed by atoms with Crippen LogP contribution in [0, 0.1) is 3.57 Å². The van der Waals surface area contributed by atoms with Crippen molar-refractivity contribution < 1.29 is 27.1 Å². The molecule has 2 heterocycles. The molecule has 0 fully saturated rings. The Labute approximate surface area is 229 Å². The highest BCUT2D eigenvalue weighted by Crippen LogP contribution is 2.36. The maximum Gasteiger partial charge on any atom is 0.461 e. The molecule has 0 saturated heterocycles. The first-order valence-electron chi connectivity index (χ1n) is 11.3. The summed E-state index contributed by atoms with van der Waals surface area (Å²) in [6, 6.07) is 20.6. The van der Waals surface area contributed by atoms with Crippen LogP contribution in [0.2, 0.25) is 0 Å². The number of rotatable bonds is 9. The molecule has 0 saturated carbocycles. The van der Waals surface area contributed by atoms with Crippen LogP contribution in [0.25, 0.3) is 0 Å². The molecule has 196 valence electrons. The molecule has 11 heteroatoms. The van der Waals surface area contributed by atoms with Gasteiger partial charge in [0.2, 0.25) is 0 Å². The summed E-state index contributed by atoms with van der Waals surface area (Å²) < 4.78 is 58.4. The van der Waals surface area contributed by atoms with E-state index < -0.39 is 29.9 Å². The zero-order valence-corrected chi connectivity index (χ0v) is 21.8. The fourth-order valence-electron chi connectivity index (χ4n) is 3.87. The Bertz CT molecular complexity index is 1360. The number of nitrogens with one attached hydrogen (secondary N) is 2. The summed E-state index contributed by atoms with van der Waals surface area (Å²) in [6.45, 7) is 0. The van der Waals surface area contributed by atoms with Crippen molar-refractivity contribution in [3.05, 3.63) is 118 Å². The number of anilines is 1. The molecule has 0 unspecified atom stereocenters. The third-order valence-corrected chi connectivity index (χ3v) is 6.21. The molecular weight excluding hydrogens is 615 g/mol. The number of pyridine rings is 2. The number of benzene rings is 2. The average Bonchev–Trinajstić information content (AvgIpc) is 2.89. The lowest BCUT2D eigenvalue weighted by atomic mass is 9.80. The minimum Gasteiger partial charge on any atom is -0.428 e. The van der Waals surface area contributed by atoms with Crippen LogP contribution >= 0.6 is 22.6 Å². The maximum absolute atomic E-state index is 13.8. The van der Waals surface area contributed by atoms with Gasteiger partial charge in [0.15, 0.2) is 0 Å². The van der Waals surface area contributed by atoms with Crippen molar-refractivity contribution in [3.8, 4) is 5.75 Å². The number of hydrogen-bond acceptors (Lipinski definition) is 4. The topological polar surface area (TPSA) is 76.1 Å². The van der Waals surface area contributed by atoms with Crippen LogP contribution in [0.15, 0.2) is 97.5 Å². The smallest absolute Gasteiger partial charge is 0.428 e. The standard InChI is InChI=1S/C27H21F4IN4O2/c28-24(29)27(30,31)38-22-8-4-7-19(15-22)26(16-18-5-2-1-3-6-18,23-10-9-20(32)17-34-23)36-25(37)35-21-11-13-33-14-12-21/h1-15,17,24H,16H2,(H2,33,35,36,37)/t26-/m0/s1. The number of alkyl halides is 4. The lowest BCUT2D eigenvalue weighted by Crippen LogP contribution is -2.50. The number of carbonyl (C=O) groups excluding carboxylic acids is 1. The SMILES string of the molecule is O=C(Nc1ccncc1)N[C@@](Cc1ccccc1)(c1cccc(OC(F)(F)C(F)F)c1)c1ccc(I)cn1. The van der Waals surface area contributed by atoms with Gasteiger partial charge in [0.1, 0.15) is 11.3 Å². The van der Waals surface area contributed by atoms with Crippen molar-refractivity contribution in [3.63, 3.8) is 0 Å². The molecule has 0 bridgehead atoms. The first-order valence-corrected chi connectivity index (χ1v) is 12.4. The first-order chi connectivity index (χ1) is 18.2. The second-order valence-corrected chi connectivity index (χ2v) is 9.48. The third kappa shape index (κ3) is 6.57. The largest absolute Gasteiger partial charge is 0.461 e. The molecule has 0 aliphatic rings.